The summed E-state index contributed by atoms with van der Waals surface area (Å²) in [5.74, 6) is 0.866. The average Bonchev–Trinajstić information content (AvgIpc) is 2.46. The summed E-state index contributed by atoms with van der Waals surface area (Å²) in [7, 11) is 3.94. The van der Waals surface area contributed by atoms with Gasteiger partial charge in [0.25, 0.3) is 0 Å². The van der Waals surface area contributed by atoms with E-state index in [-0.39, 0.29) is 0 Å². The number of likely N-dealkylation sites (N-methyl/N-ethyl adjacent to an activating group) is 2. The first-order valence-corrected chi connectivity index (χ1v) is 5.92. The molecule has 18 heavy (non-hydrogen) atoms. The van der Waals surface area contributed by atoms with E-state index in [1.54, 1.807) is 6.20 Å². The van der Waals surface area contributed by atoms with Crippen LogP contribution in [0.25, 0.3) is 11.4 Å². The normalized spacial score (nSPS) is 10.3. The van der Waals surface area contributed by atoms with E-state index in [4.69, 9.17) is 0 Å². The number of pyridine rings is 1. The maximum absolute atomic E-state index is 4.25. The van der Waals surface area contributed by atoms with E-state index in [1.165, 1.54) is 0 Å². The molecule has 0 saturated heterocycles. The van der Waals surface area contributed by atoms with Crippen LogP contribution in [0.4, 0.5) is 5.82 Å². The zero-order valence-corrected chi connectivity index (χ0v) is 10.7. The van der Waals surface area contributed by atoms with Crippen LogP contribution in [-0.2, 0) is 0 Å². The van der Waals surface area contributed by atoms with Crippen LogP contribution in [0, 0.1) is 0 Å². The Labute approximate surface area is 107 Å². The standard InChI is InChI=1S/C13H17N5/c1-14-9-10-18(2)13-7-6-12(16-17-13)11-5-3-4-8-15-11/h3-8,14H,9-10H2,1-2H3. The lowest BCUT2D eigenvalue weighted by molar-refractivity contribution is 0.756. The third kappa shape index (κ3) is 3.01. The largest absolute Gasteiger partial charge is 0.357 e. The predicted molar refractivity (Wildman–Crippen MR) is 72.5 cm³/mol. The van der Waals surface area contributed by atoms with E-state index >= 15 is 0 Å². The van der Waals surface area contributed by atoms with Crippen LogP contribution in [0.5, 0.6) is 0 Å². The zero-order valence-electron chi connectivity index (χ0n) is 10.7. The van der Waals surface area contributed by atoms with E-state index < -0.39 is 0 Å². The number of nitrogens with zero attached hydrogens (tertiary/aromatic N) is 4. The van der Waals surface area contributed by atoms with Gasteiger partial charge in [-0.3, -0.25) is 4.98 Å². The molecule has 2 aromatic heterocycles. The van der Waals surface area contributed by atoms with Crippen molar-refractivity contribution in [1.82, 2.24) is 20.5 Å². The topological polar surface area (TPSA) is 53.9 Å². The smallest absolute Gasteiger partial charge is 0.151 e. The lowest BCUT2D eigenvalue weighted by Gasteiger charge is -2.17. The Kier molecular flexibility index (Phi) is 4.20. The van der Waals surface area contributed by atoms with Crippen LogP contribution in [-0.4, -0.2) is 42.4 Å². The molecule has 0 radical (unpaired) electrons. The molecule has 2 aromatic rings. The Morgan fingerprint density at radius 3 is 2.61 bits per heavy atom. The first-order chi connectivity index (χ1) is 8.81. The molecule has 94 valence electrons. The highest BCUT2D eigenvalue weighted by Gasteiger charge is 2.04. The molecule has 2 rings (SSSR count). The van der Waals surface area contributed by atoms with Gasteiger partial charge in [-0.2, -0.15) is 0 Å². The van der Waals surface area contributed by atoms with Gasteiger partial charge in [-0.1, -0.05) is 6.07 Å². The fourth-order valence-corrected chi connectivity index (χ4v) is 1.57. The van der Waals surface area contributed by atoms with Crippen LogP contribution < -0.4 is 10.2 Å². The highest BCUT2D eigenvalue weighted by Crippen LogP contribution is 2.14. The molecule has 0 saturated carbocycles. The number of rotatable bonds is 5. The van der Waals surface area contributed by atoms with Crippen LogP contribution in [0.3, 0.4) is 0 Å². The third-order valence-electron chi connectivity index (χ3n) is 2.67. The van der Waals surface area contributed by atoms with E-state index in [2.05, 4.69) is 25.4 Å². The van der Waals surface area contributed by atoms with Gasteiger partial charge in [-0.15, -0.1) is 10.2 Å². The van der Waals surface area contributed by atoms with Crippen molar-refractivity contribution < 1.29 is 0 Å². The fourth-order valence-electron chi connectivity index (χ4n) is 1.57. The maximum atomic E-state index is 4.25. The molecule has 0 unspecified atom stereocenters. The first-order valence-electron chi connectivity index (χ1n) is 5.92. The molecule has 0 amide bonds. The summed E-state index contributed by atoms with van der Waals surface area (Å²) >= 11 is 0. The molecular weight excluding hydrogens is 226 g/mol. The summed E-state index contributed by atoms with van der Waals surface area (Å²) in [6.45, 7) is 1.81. The Balaban J connectivity index is 2.10. The van der Waals surface area contributed by atoms with Crippen molar-refractivity contribution in [2.75, 3.05) is 32.1 Å². The molecule has 0 fully saturated rings. The lowest BCUT2D eigenvalue weighted by Crippen LogP contribution is -2.27. The van der Waals surface area contributed by atoms with Crippen LogP contribution >= 0.6 is 0 Å². The van der Waals surface area contributed by atoms with Gasteiger partial charge in [0.05, 0.1) is 5.69 Å². The first kappa shape index (κ1) is 12.4. The molecule has 0 atom stereocenters. The molecule has 0 bridgehead atoms. The minimum atomic E-state index is 0.793. The van der Waals surface area contributed by atoms with E-state index in [1.807, 2.05) is 44.4 Å². The Morgan fingerprint density at radius 1 is 1.11 bits per heavy atom. The Bertz CT molecular complexity index is 469. The SMILES string of the molecule is CNCCN(C)c1ccc(-c2ccccn2)nn1. The summed E-state index contributed by atoms with van der Waals surface area (Å²) in [5, 5.41) is 11.5. The lowest BCUT2D eigenvalue weighted by atomic mass is 10.2. The van der Waals surface area contributed by atoms with Gasteiger partial charge in [-0.25, -0.2) is 0 Å². The van der Waals surface area contributed by atoms with Crippen LogP contribution in [0.2, 0.25) is 0 Å². The van der Waals surface area contributed by atoms with Gasteiger partial charge >= 0.3 is 0 Å². The highest BCUT2D eigenvalue weighted by molar-refractivity contribution is 5.54. The number of hydrogen-bond acceptors (Lipinski definition) is 5. The Morgan fingerprint density at radius 2 is 2.00 bits per heavy atom. The molecular formula is C13H17N5. The quantitative estimate of drug-likeness (QED) is 0.855. The van der Waals surface area contributed by atoms with Crippen molar-refractivity contribution in [3.05, 3.63) is 36.5 Å². The molecule has 2 heterocycles. The number of aromatic nitrogens is 3. The van der Waals surface area contributed by atoms with E-state index in [0.29, 0.717) is 0 Å². The van der Waals surface area contributed by atoms with Gasteiger partial charge in [0.2, 0.25) is 0 Å². The van der Waals surface area contributed by atoms with Crippen LogP contribution in [0.15, 0.2) is 36.5 Å². The second kappa shape index (κ2) is 6.07. The van der Waals surface area contributed by atoms with Gasteiger partial charge < -0.3 is 10.2 Å². The monoisotopic (exact) mass is 243 g/mol. The minimum absolute atomic E-state index is 0.793. The molecule has 0 aromatic carbocycles. The molecule has 0 aliphatic heterocycles. The third-order valence-corrected chi connectivity index (χ3v) is 2.67. The molecule has 5 nitrogen and oxygen atoms in total. The summed E-state index contributed by atoms with van der Waals surface area (Å²) in [5.41, 5.74) is 1.63. The van der Waals surface area contributed by atoms with Crippen molar-refractivity contribution in [1.29, 1.82) is 0 Å². The molecule has 1 N–H and O–H groups in total. The summed E-state index contributed by atoms with van der Waals surface area (Å²) in [6, 6.07) is 9.66. The highest BCUT2D eigenvalue weighted by atomic mass is 15.2. The number of anilines is 1. The Hall–Kier alpha value is -2.01. The van der Waals surface area contributed by atoms with Crippen LogP contribution in [0.1, 0.15) is 0 Å². The minimum Gasteiger partial charge on any atom is -0.357 e. The van der Waals surface area contributed by atoms with Crippen molar-refractivity contribution >= 4 is 5.82 Å². The van der Waals surface area contributed by atoms with E-state index in [9.17, 15) is 0 Å². The maximum Gasteiger partial charge on any atom is 0.151 e. The average molecular weight is 243 g/mol. The summed E-state index contributed by atoms with van der Waals surface area (Å²) in [6.07, 6.45) is 1.75. The van der Waals surface area contributed by atoms with Gasteiger partial charge in [0.15, 0.2) is 5.82 Å². The van der Waals surface area contributed by atoms with E-state index in [0.717, 1.165) is 30.3 Å². The van der Waals surface area contributed by atoms with Crippen molar-refractivity contribution in [2.24, 2.45) is 0 Å². The summed E-state index contributed by atoms with van der Waals surface area (Å²) in [4.78, 5) is 6.31. The van der Waals surface area contributed by atoms with Crippen molar-refractivity contribution in [3.63, 3.8) is 0 Å². The fraction of sp³-hybridized carbons (Fsp3) is 0.308. The van der Waals surface area contributed by atoms with Gasteiger partial charge in [0.1, 0.15) is 5.69 Å². The number of hydrogen-bond donors (Lipinski definition) is 1. The second-order valence-corrected chi connectivity index (χ2v) is 4.02. The molecule has 0 aliphatic rings. The zero-order chi connectivity index (χ0) is 12.8. The molecule has 0 spiro atoms. The summed E-state index contributed by atoms with van der Waals surface area (Å²) < 4.78 is 0. The van der Waals surface area contributed by atoms with Crippen molar-refractivity contribution in [3.8, 4) is 11.4 Å². The number of nitrogens with one attached hydrogen (secondary N) is 1. The molecule has 5 heteroatoms. The second-order valence-electron chi connectivity index (χ2n) is 4.02. The van der Waals surface area contributed by atoms with Gasteiger partial charge in [-0.05, 0) is 31.3 Å². The van der Waals surface area contributed by atoms with Gasteiger partial charge in [0, 0.05) is 26.3 Å². The predicted octanol–water partition coefficient (Wildman–Crippen LogP) is 1.19. The van der Waals surface area contributed by atoms with Crippen molar-refractivity contribution in [2.45, 2.75) is 0 Å². The molecule has 0 aliphatic carbocycles.